The number of ketones is 1. The number of aliphatic imine (C=N–C) groups is 1. The van der Waals surface area contributed by atoms with Crippen LogP contribution in [0.15, 0.2) is 16.3 Å². The number of aliphatic hydroxyl groups is 1. The number of nitrogens with two attached hydrogens (primary N) is 1. The minimum absolute atomic E-state index is 0.00879. The number of fused-ring (bicyclic) bond motifs is 2. The highest BCUT2D eigenvalue weighted by atomic mass is 16.3. The number of piperidine rings is 1. The molecule has 3 aliphatic rings. The normalized spacial score (nSPS) is 34.5. The van der Waals surface area contributed by atoms with Crippen LogP contribution in [0.5, 0.6) is 0 Å². The van der Waals surface area contributed by atoms with E-state index in [-0.39, 0.29) is 42.0 Å². The number of hydrogen-bond acceptors (Lipinski definition) is 5. The summed E-state index contributed by atoms with van der Waals surface area (Å²) in [5.41, 5.74) is 8.03. The van der Waals surface area contributed by atoms with E-state index in [1.54, 1.807) is 4.90 Å². The summed E-state index contributed by atoms with van der Waals surface area (Å²) in [6, 6.07) is 0.116. The molecule has 3 rings (SSSR count). The average Bonchev–Trinajstić information content (AvgIpc) is 3.17. The first-order chi connectivity index (χ1) is 10.5. The zero-order chi connectivity index (χ0) is 15.9. The second kappa shape index (κ2) is 5.83. The van der Waals surface area contributed by atoms with E-state index in [2.05, 4.69) is 4.99 Å². The van der Waals surface area contributed by atoms with Crippen molar-refractivity contribution in [2.45, 2.75) is 51.2 Å². The van der Waals surface area contributed by atoms with Crippen molar-refractivity contribution in [2.24, 2.45) is 16.6 Å². The number of carbonyl (C=O) groups is 2. The van der Waals surface area contributed by atoms with Gasteiger partial charge < -0.3 is 15.7 Å². The molecule has 0 spiro atoms. The summed E-state index contributed by atoms with van der Waals surface area (Å²) >= 11 is 0. The summed E-state index contributed by atoms with van der Waals surface area (Å²) in [4.78, 5) is 29.9. The van der Waals surface area contributed by atoms with E-state index >= 15 is 0 Å². The molecular formula is C16H23N3O3. The second-order valence-corrected chi connectivity index (χ2v) is 6.62. The Balaban J connectivity index is 1.77. The van der Waals surface area contributed by atoms with Crippen molar-refractivity contribution in [1.29, 1.82) is 0 Å². The molecule has 0 radical (unpaired) electrons. The van der Waals surface area contributed by atoms with Crippen LogP contribution in [0.25, 0.3) is 0 Å². The van der Waals surface area contributed by atoms with Gasteiger partial charge in [0.05, 0.1) is 12.6 Å². The standard InChI is InChI=1S/C16H23N3O3/c1-9(20)7-18-13-4-2-3-12(13)15(17)16(22)19-8-10-5-11(19)6-14(10)21/h10-11,14,21H,2-8,17H2,1H3/b15-12-,18-13?. The molecule has 1 saturated heterocycles. The Labute approximate surface area is 130 Å². The molecule has 2 aliphatic carbocycles. The number of rotatable bonds is 3. The third-order valence-electron chi connectivity index (χ3n) is 5.00. The van der Waals surface area contributed by atoms with Crippen molar-refractivity contribution in [2.75, 3.05) is 13.1 Å². The molecule has 3 atom stereocenters. The summed E-state index contributed by atoms with van der Waals surface area (Å²) in [7, 11) is 0. The van der Waals surface area contributed by atoms with Gasteiger partial charge in [0, 0.05) is 29.8 Å². The zero-order valence-corrected chi connectivity index (χ0v) is 12.9. The van der Waals surface area contributed by atoms with Crippen molar-refractivity contribution in [3.63, 3.8) is 0 Å². The van der Waals surface area contributed by atoms with Crippen molar-refractivity contribution < 1.29 is 14.7 Å². The van der Waals surface area contributed by atoms with Gasteiger partial charge in [0.1, 0.15) is 5.70 Å². The Hall–Kier alpha value is -1.69. The first-order valence-corrected chi connectivity index (χ1v) is 7.98. The maximum Gasteiger partial charge on any atom is 0.270 e. The number of hydrogen-bond donors (Lipinski definition) is 2. The molecule has 120 valence electrons. The molecule has 2 saturated carbocycles. The quantitative estimate of drug-likeness (QED) is 0.737. The fourth-order valence-electron chi connectivity index (χ4n) is 3.86. The number of amides is 1. The first-order valence-electron chi connectivity index (χ1n) is 7.98. The maximum atomic E-state index is 12.7. The highest BCUT2D eigenvalue weighted by molar-refractivity contribution is 6.09. The van der Waals surface area contributed by atoms with Gasteiger partial charge in [0.15, 0.2) is 5.78 Å². The number of aliphatic hydroxyl groups excluding tert-OH is 1. The molecule has 6 nitrogen and oxygen atoms in total. The second-order valence-electron chi connectivity index (χ2n) is 6.62. The van der Waals surface area contributed by atoms with Crippen molar-refractivity contribution in [3.8, 4) is 0 Å². The van der Waals surface area contributed by atoms with Crippen LogP contribution in [0, 0.1) is 5.92 Å². The van der Waals surface area contributed by atoms with Gasteiger partial charge in [0.25, 0.3) is 5.91 Å². The smallest absolute Gasteiger partial charge is 0.270 e. The summed E-state index contributed by atoms with van der Waals surface area (Å²) in [6.07, 6.45) is 3.71. The molecule has 1 aliphatic heterocycles. The zero-order valence-electron chi connectivity index (χ0n) is 12.9. The molecular weight excluding hydrogens is 282 g/mol. The minimum Gasteiger partial charge on any atom is -0.394 e. The van der Waals surface area contributed by atoms with E-state index in [0.29, 0.717) is 13.0 Å². The SMILES string of the molecule is CC(=O)CN=C1CCC/C1=C(/N)C(=O)N1CC2CC1CC2O. The summed E-state index contributed by atoms with van der Waals surface area (Å²) in [5.74, 6) is 0.0718. The molecule has 3 N–H and O–H groups in total. The van der Waals surface area contributed by atoms with Gasteiger partial charge in [-0.1, -0.05) is 0 Å². The molecule has 6 heteroatoms. The van der Waals surface area contributed by atoms with Crippen LogP contribution >= 0.6 is 0 Å². The Kier molecular flexibility index (Phi) is 4.04. The minimum atomic E-state index is -0.276. The van der Waals surface area contributed by atoms with Gasteiger partial charge in [-0.15, -0.1) is 0 Å². The molecule has 1 heterocycles. The lowest BCUT2D eigenvalue weighted by molar-refractivity contribution is -0.129. The summed E-state index contributed by atoms with van der Waals surface area (Å²) in [5, 5.41) is 9.80. The third-order valence-corrected chi connectivity index (χ3v) is 5.00. The Morgan fingerprint density at radius 3 is 2.73 bits per heavy atom. The van der Waals surface area contributed by atoms with Gasteiger partial charge in [-0.3, -0.25) is 14.6 Å². The Morgan fingerprint density at radius 1 is 1.36 bits per heavy atom. The van der Waals surface area contributed by atoms with E-state index in [0.717, 1.165) is 37.0 Å². The lowest BCUT2D eigenvalue weighted by atomic mass is 10.1. The lowest BCUT2D eigenvalue weighted by Gasteiger charge is -2.29. The van der Waals surface area contributed by atoms with Gasteiger partial charge in [-0.2, -0.15) is 0 Å². The topological polar surface area (TPSA) is 96.0 Å². The Bertz CT molecular complexity index is 565. The van der Waals surface area contributed by atoms with Crippen LogP contribution in [0.4, 0.5) is 0 Å². The van der Waals surface area contributed by atoms with Crippen LogP contribution in [0.3, 0.4) is 0 Å². The molecule has 0 aromatic rings. The molecule has 0 aromatic heterocycles. The van der Waals surface area contributed by atoms with E-state index in [1.165, 1.54) is 6.92 Å². The van der Waals surface area contributed by atoms with Crippen molar-refractivity contribution in [1.82, 2.24) is 4.90 Å². The highest BCUT2D eigenvalue weighted by Gasteiger charge is 2.46. The number of allylic oxidation sites excluding steroid dienone is 1. The number of likely N-dealkylation sites (tertiary alicyclic amines) is 1. The first kappa shape index (κ1) is 15.2. The number of carbonyl (C=O) groups excluding carboxylic acids is 2. The molecule has 2 bridgehead atoms. The lowest BCUT2D eigenvalue weighted by Crippen LogP contribution is -2.44. The maximum absolute atomic E-state index is 12.7. The van der Waals surface area contributed by atoms with Gasteiger partial charge in [0.2, 0.25) is 0 Å². The van der Waals surface area contributed by atoms with Crippen LogP contribution in [0.1, 0.15) is 39.0 Å². The van der Waals surface area contributed by atoms with Gasteiger partial charge >= 0.3 is 0 Å². The predicted molar refractivity (Wildman–Crippen MR) is 82.3 cm³/mol. The van der Waals surface area contributed by atoms with Crippen LogP contribution in [0.2, 0.25) is 0 Å². The van der Waals surface area contributed by atoms with Gasteiger partial charge in [-0.25, -0.2) is 0 Å². The number of nitrogens with zero attached hydrogens (tertiary/aromatic N) is 2. The number of Topliss-reactive ketones (excluding diaryl/α,β-unsaturated/α-hetero) is 1. The summed E-state index contributed by atoms with van der Waals surface area (Å²) < 4.78 is 0. The molecule has 22 heavy (non-hydrogen) atoms. The van der Waals surface area contributed by atoms with Gasteiger partial charge in [-0.05, 0) is 39.0 Å². The van der Waals surface area contributed by atoms with Crippen molar-refractivity contribution in [3.05, 3.63) is 11.3 Å². The van der Waals surface area contributed by atoms with Crippen molar-refractivity contribution >= 4 is 17.4 Å². The summed E-state index contributed by atoms with van der Waals surface area (Å²) in [6.45, 7) is 2.25. The van der Waals surface area contributed by atoms with Crippen LogP contribution in [-0.2, 0) is 9.59 Å². The molecule has 3 fully saturated rings. The third kappa shape index (κ3) is 2.67. The molecule has 1 amide bonds. The fourth-order valence-corrected chi connectivity index (χ4v) is 3.86. The predicted octanol–water partition coefficient (Wildman–Crippen LogP) is 0.395. The van der Waals surface area contributed by atoms with E-state index in [9.17, 15) is 14.7 Å². The van der Waals surface area contributed by atoms with E-state index < -0.39 is 0 Å². The average molecular weight is 305 g/mol. The monoisotopic (exact) mass is 305 g/mol. The highest BCUT2D eigenvalue weighted by Crippen LogP contribution is 2.38. The molecule has 3 unspecified atom stereocenters. The van der Waals surface area contributed by atoms with E-state index in [4.69, 9.17) is 5.73 Å². The van der Waals surface area contributed by atoms with Crippen LogP contribution < -0.4 is 5.73 Å². The molecule has 0 aromatic carbocycles. The largest absolute Gasteiger partial charge is 0.394 e. The van der Waals surface area contributed by atoms with Crippen LogP contribution in [-0.4, -0.2) is 52.6 Å². The van der Waals surface area contributed by atoms with E-state index in [1.807, 2.05) is 0 Å². The fraction of sp³-hybridized carbons (Fsp3) is 0.688. The Morgan fingerprint density at radius 2 is 2.14 bits per heavy atom.